The Hall–Kier alpha value is -2.16. The van der Waals surface area contributed by atoms with Gasteiger partial charge in [0, 0.05) is 37.7 Å². The number of carbonyl (C=O) groups excluding carboxylic acids is 3. The van der Waals surface area contributed by atoms with Crippen LogP contribution in [0.1, 0.15) is 58.3 Å². The summed E-state index contributed by atoms with van der Waals surface area (Å²) in [6.07, 6.45) is 8.65. The highest BCUT2D eigenvalue weighted by Gasteiger charge is 2.29. The lowest BCUT2D eigenvalue weighted by atomic mass is 9.81. The number of carbonyl (C=O) groups is 3. The zero-order chi connectivity index (χ0) is 21.9. The largest absolute Gasteiger partial charge is 0.359 e. The molecular weight excluding hydrogens is 384 g/mol. The summed E-state index contributed by atoms with van der Waals surface area (Å²) < 4.78 is 0. The van der Waals surface area contributed by atoms with Gasteiger partial charge in [-0.15, -0.1) is 0 Å². The highest BCUT2D eigenvalue weighted by atomic mass is 16.2. The van der Waals surface area contributed by atoms with E-state index in [9.17, 15) is 14.4 Å². The summed E-state index contributed by atoms with van der Waals surface area (Å²) in [5, 5.41) is 15.8. The molecule has 2 fully saturated rings. The van der Waals surface area contributed by atoms with Crippen molar-refractivity contribution < 1.29 is 14.4 Å². The number of rotatable bonds is 9. The lowest BCUT2D eigenvalue weighted by Crippen LogP contribution is -2.41. The molecule has 0 aliphatic heterocycles. The Kier molecular flexibility index (Phi) is 10.1. The van der Waals surface area contributed by atoms with Crippen molar-refractivity contribution >= 4 is 24.1 Å². The molecule has 0 radical (unpaired) electrons. The third kappa shape index (κ3) is 7.59. The zero-order valence-electron chi connectivity index (χ0n) is 18.5. The smallest absolute Gasteiger partial charge is 0.335 e. The molecule has 2 aliphatic carbocycles. The fraction of sp³-hybridized carbons (Fsp3) is 0.810. The minimum Gasteiger partial charge on any atom is -0.359 e. The standard InChI is InChI=1S/C21H38N6O3/c1-4-17(26-20(29)16-9-10-18(11-16)22-2)13-25-27-21(30)24-12-14-5-7-15(8-6-14)19(28)23-3/h13-18,22H,4-12H2,1-3H3,(H,23,28)(H,26,29)(H2,24,27,30)/b25-13+/t14?,15?,16-,17-,18-/m0/s1. The van der Waals surface area contributed by atoms with Crippen molar-refractivity contribution in [3.05, 3.63) is 0 Å². The maximum absolute atomic E-state index is 12.4. The van der Waals surface area contributed by atoms with E-state index in [4.69, 9.17) is 0 Å². The summed E-state index contributed by atoms with van der Waals surface area (Å²) in [7, 11) is 3.60. The Morgan fingerprint density at radius 1 is 1.00 bits per heavy atom. The SMILES string of the molecule is CC[C@@H](/C=N/NC(=O)NCC1CCC(C(=O)NC)CC1)NC(=O)[C@H]1CC[C@H](NC)C1. The molecule has 3 atom stereocenters. The molecule has 0 spiro atoms. The summed E-state index contributed by atoms with van der Waals surface area (Å²) in [5.41, 5.74) is 2.48. The Balaban J connectivity index is 1.64. The van der Waals surface area contributed by atoms with E-state index >= 15 is 0 Å². The summed E-state index contributed by atoms with van der Waals surface area (Å²) in [4.78, 5) is 36.1. The predicted octanol–water partition coefficient (Wildman–Crippen LogP) is 1.11. The first-order valence-electron chi connectivity index (χ1n) is 11.2. The molecule has 0 aromatic rings. The fourth-order valence-electron chi connectivity index (χ4n) is 4.32. The second-order valence-corrected chi connectivity index (χ2v) is 8.45. The Bertz CT molecular complexity index is 604. The maximum atomic E-state index is 12.4. The van der Waals surface area contributed by atoms with Crippen LogP contribution in [0.15, 0.2) is 5.10 Å². The number of nitrogens with zero attached hydrogens (tertiary/aromatic N) is 1. The molecule has 4 amide bonds. The molecule has 30 heavy (non-hydrogen) atoms. The topological polar surface area (TPSA) is 124 Å². The van der Waals surface area contributed by atoms with Crippen LogP contribution in [0.2, 0.25) is 0 Å². The van der Waals surface area contributed by atoms with Crippen LogP contribution >= 0.6 is 0 Å². The number of urea groups is 1. The number of hydrazone groups is 1. The van der Waals surface area contributed by atoms with Crippen molar-refractivity contribution in [2.45, 2.75) is 70.4 Å². The molecule has 0 heterocycles. The maximum Gasteiger partial charge on any atom is 0.335 e. The predicted molar refractivity (Wildman–Crippen MR) is 117 cm³/mol. The lowest BCUT2D eigenvalue weighted by molar-refractivity contribution is -0.126. The molecule has 2 rings (SSSR count). The molecule has 0 bridgehead atoms. The summed E-state index contributed by atoms with van der Waals surface area (Å²) in [5.74, 6) is 0.693. The van der Waals surface area contributed by atoms with E-state index in [1.807, 2.05) is 14.0 Å². The second kappa shape index (κ2) is 12.5. The molecule has 170 valence electrons. The van der Waals surface area contributed by atoms with Crippen molar-refractivity contribution in [1.29, 1.82) is 0 Å². The van der Waals surface area contributed by atoms with E-state index in [0.29, 0.717) is 24.9 Å². The second-order valence-electron chi connectivity index (χ2n) is 8.45. The molecule has 2 aliphatic rings. The molecule has 0 aromatic carbocycles. The minimum absolute atomic E-state index is 0.0413. The first-order valence-corrected chi connectivity index (χ1v) is 11.2. The number of hydrogen-bond donors (Lipinski definition) is 5. The van der Waals surface area contributed by atoms with Gasteiger partial charge in [0.1, 0.15) is 0 Å². The first-order chi connectivity index (χ1) is 14.5. The van der Waals surface area contributed by atoms with Crippen molar-refractivity contribution in [2.24, 2.45) is 22.9 Å². The van der Waals surface area contributed by atoms with Crippen LogP contribution in [0.3, 0.4) is 0 Å². The summed E-state index contributed by atoms with van der Waals surface area (Å²) in [6.45, 7) is 2.54. The van der Waals surface area contributed by atoms with E-state index in [0.717, 1.165) is 44.9 Å². The molecule has 2 saturated carbocycles. The third-order valence-electron chi connectivity index (χ3n) is 6.41. The van der Waals surface area contributed by atoms with Gasteiger partial charge in [-0.25, -0.2) is 10.2 Å². The van der Waals surface area contributed by atoms with Gasteiger partial charge in [0.2, 0.25) is 11.8 Å². The Labute approximate surface area is 179 Å². The van der Waals surface area contributed by atoms with Gasteiger partial charge >= 0.3 is 6.03 Å². The fourth-order valence-corrected chi connectivity index (χ4v) is 4.32. The molecule has 0 aromatic heterocycles. The minimum atomic E-state index is -0.353. The van der Waals surface area contributed by atoms with Gasteiger partial charge in [-0.2, -0.15) is 5.10 Å². The monoisotopic (exact) mass is 422 g/mol. The molecule has 9 nitrogen and oxygen atoms in total. The van der Waals surface area contributed by atoms with Crippen molar-refractivity contribution in [3.8, 4) is 0 Å². The Morgan fingerprint density at radius 2 is 1.70 bits per heavy atom. The molecule has 0 saturated heterocycles. The van der Waals surface area contributed by atoms with Gasteiger partial charge in [-0.3, -0.25) is 9.59 Å². The average Bonchev–Trinajstić information content (AvgIpc) is 3.26. The average molecular weight is 423 g/mol. The normalized spacial score (nSPS) is 27.4. The summed E-state index contributed by atoms with van der Waals surface area (Å²) in [6, 6.07) is -0.140. The highest BCUT2D eigenvalue weighted by molar-refractivity contribution is 5.83. The van der Waals surface area contributed by atoms with Crippen LogP contribution in [0, 0.1) is 17.8 Å². The number of nitrogens with one attached hydrogen (secondary N) is 5. The first kappa shape index (κ1) is 24.1. The van der Waals surface area contributed by atoms with Crippen LogP contribution in [0.25, 0.3) is 0 Å². The lowest BCUT2D eigenvalue weighted by Gasteiger charge is -2.27. The van der Waals surface area contributed by atoms with Crippen molar-refractivity contribution in [2.75, 3.05) is 20.6 Å². The Morgan fingerprint density at radius 3 is 2.30 bits per heavy atom. The van der Waals surface area contributed by atoms with Crippen LogP contribution in [0.5, 0.6) is 0 Å². The summed E-state index contributed by atoms with van der Waals surface area (Å²) >= 11 is 0. The van der Waals surface area contributed by atoms with Crippen LogP contribution in [-0.2, 0) is 9.59 Å². The van der Waals surface area contributed by atoms with Gasteiger partial charge < -0.3 is 21.3 Å². The quantitative estimate of drug-likeness (QED) is 0.282. The van der Waals surface area contributed by atoms with Crippen molar-refractivity contribution in [1.82, 2.24) is 26.7 Å². The molecule has 5 N–H and O–H groups in total. The molecule has 0 unspecified atom stereocenters. The van der Waals surface area contributed by atoms with Crippen molar-refractivity contribution in [3.63, 3.8) is 0 Å². The van der Waals surface area contributed by atoms with E-state index in [1.165, 1.54) is 0 Å². The van der Waals surface area contributed by atoms with Gasteiger partial charge in [0.05, 0.1) is 6.04 Å². The van der Waals surface area contributed by atoms with Gasteiger partial charge in [-0.1, -0.05) is 6.92 Å². The van der Waals surface area contributed by atoms with E-state index < -0.39 is 0 Å². The third-order valence-corrected chi connectivity index (χ3v) is 6.41. The van der Waals surface area contributed by atoms with E-state index in [2.05, 4.69) is 31.8 Å². The van der Waals surface area contributed by atoms with E-state index in [-0.39, 0.29) is 35.7 Å². The van der Waals surface area contributed by atoms with Gasteiger partial charge in [0.15, 0.2) is 0 Å². The van der Waals surface area contributed by atoms with Crippen LogP contribution < -0.4 is 26.7 Å². The van der Waals surface area contributed by atoms with E-state index in [1.54, 1.807) is 13.3 Å². The molecule has 9 heteroatoms. The van der Waals surface area contributed by atoms with Gasteiger partial charge in [0.25, 0.3) is 0 Å². The van der Waals surface area contributed by atoms with Crippen LogP contribution in [-0.4, -0.2) is 56.8 Å². The number of amides is 4. The number of hydrogen-bond acceptors (Lipinski definition) is 5. The zero-order valence-corrected chi connectivity index (χ0v) is 18.5. The van der Waals surface area contributed by atoms with Gasteiger partial charge in [-0.05, 0) is 64.3 Å². The highest BCUT2D eigenvalue weighted by Crippen LogP contribution is 2.28. The van der Waals surface area contributed by atoms with Crippen LogP contribution in [0.4, 0.5) is 4.79 Å². The molecular formula is C21H38N6O3.